The molecule has 0 heterocycles. The largest absolute Gasteiger partial charge is 0.452 e. The molecule has 0 rings (SSSR count). The number of hydrogen-bond acceptors (Lipinski definition) is 2. The minimum Gasteiger partial charge on any atom is -0.452 e. The number of hydrogen-bond donors (Lipinski definition) is 0. The third kappa shape index (κ3) is 3.03. The van der Waals surface area contributed by atoms with E-state index < -0.39 is 0 Å². The van der Waals surface area contributed by atoms with Crippen LogP contribution in [0.5, 0.6) is 0 Å². The molecule has 0 spiro atoms. The van der Waals surface area contributed by atoms with Gasteiger partial charge >= 0.3 is 0 Å². The molecule has 7 heavy (non-hydrogen) atoms. The zero-order valence-electron chi connectivity index (χ0n) is 4.64. The van der Waals surface area contributed by atoms with Gasteiger partial charge in [0.2, 0.25) is 0 Å². The van der Waals surface area contributed by atoms with Crippen LogP contribution in [0.2, 0.25) is 0 Å². The summed E-state index contributed by atoms with van der Waals surface area (Å²) in [6, 6.07) is 0. The Morgan fingerprint density at radius 3 is 2.57 bits per heavy atom. The van der Waals surface area contributed by atoms with E-state index in [0.717, 1.165) is 0 Å². The van der Waals surface area contributed by atoms with Gasteiger partial charge in [-0.25, -0.2) is 0 Å². The standard InChI is InChI=1S/C5H9NO/c1-4-7-5(2)6-3/h4H,1H2,2-3H3. The van der Waals surface area contributed by atoms with E-state index in [9.17, 15) is 0 Å². The van der Waals surface area contributed by atoms with E-state index in [0.29, 0.717) is 5.90 Å². The first-order chi connectivity index (χ1) is 3.31. The van der Waals surface area contributed by atoms with Crippen LogP contribution in [-0.2, 0) is 4.74 Å². The van der Waals surface area contributed by atoms with Crippen LogP contribution in [0.25, 0.3) is 0 Å². The molecule has 2 nitrogen and oxygen atoms in total. The highest BCUT2D eigenvalue weighted by molar-refractivity contribution is 5.73. The molecule has 0 unspecified atom stereocenters. The van der Waals surface area contributed by atoms with E-state index in [1.54, 1.807) is 14.0 Å². The fourth-order valence-corrected chi connectivity index (χ4v) is 0.173. The number of ether oxygens (including phenoxy) is 1. The van der Waals surface area contributed by atoms with Gasteiger partial charge in [-0.2, -0.15) is 0 Å². The number of aliphatic imine (C=N–C) groups is 1. The normalized spacial score (nSPS) is 10.9. The highest BCUT2D eigenvalue weighted by Gasteiger charge is 1.77. The minimum absolute atomic E-state index is 0.634. The lowest BCUT2D eigenvalue weighted by Crippen LogP contribution is -1.89. The van der Waals surface area contributed by atoms with Crippen molar-refractivity contribution in [2.24, 2.45) is 4.99 Å². The molecule has 0 aliphatic rings. The Balaban J connectivity index is 3.36. The minimum atomic E-state index is 0.634. The van der Waals surface area contributed by atoms with Crippen molar-refractivity contribution in [1.82, 2.24) is 0 Å². The Morgan fingerprint density at radius 2 is 2.43 bits per heavy atom. The molecule has 0 bridgehead atoms. The maximum atomic E-state index is 4.70. The maximum Gasteiger partial charge on any atom is 0.185 e. The molecule has 0 saturated carbocycles. The molecule has 0 aliphatic carbocycles. The van der Waals surface area contributed by atoms with Crippen LogP contribution in [0, 0.1) is 0 Å². The van der Waals surface area contributed by atoms with Gasteiger partial charge in [0.1, 0.15) is 0 Å². The van der Waals surface area contributed by atoms with Crippen molar-refractivity contribution in [1.29, 1.82) is 0 Å². The van der Waals surface area contributed by atoms with Crippen molar-refractivity contribution >= 4 is 5.90 Å². The molecule has 40 valence electrons. The molecule has 0 aliphatic heterocycles. The van der Waals surface area contributed by atoms with E-state index >= 15 is 0 Å². The molecule has 0 saturated heterocycles. The molecule has 0 aromatic rings. The van der Waals surface area contributed by atoms with Crippen molar-refractivity contribution in [3.8, 4) is 0 Å². The molecule has 0 radical (unpaired) electrons. The molecule has 0 fully saturated rings. The van der Waals surface area contributed by atoms with Gasteiger partial charge in [-0.15, -0.1) is 0 Å². The monoisotopic (exact) mass is 99.1 g/mol. The van der Waals surface area contributed by atoms with Crippen LogP contribution in [0.1, 0.15) is 6.92 Å². The Hall–Kier alpha value is -0.790. The fraction of sp³-hybridized carbons (Fsp3) is 0.400. The van der Waals surface area contributed by atoms with Crippen LogP contribution < -0.4 is 0 Å². The van der Waals surface area contributed by atoms with E-state index in [1.165, 1.54) is 6.26 Å². The van der Waals surface area contributed by atoms with E-state index in [4.69, 9.17) is 4.74 Å². The van der Waals surface area contributed by atoms with Crippen molar-refractivity contribution in [3.05, 3.63) is 12.8 Å². The fourth-order valence-electron chi connectivity index (χ4n) is 0.173. The van der Waals surface area contributed by atoms with E-state index in [2.05, 4.69) is 11.6 Å². The summed E-state index contributed by atoms with van der Waals surface area (Å²) in [6.07, 6.45) is 1.35. The van der Waals surface area contributed by atoms with Gasteiger partial charge in [0.05, 0.1) is 6.26 Å². The third-order valence-electron chi connectivity index (χ3n) is 0.569. The van der Waals surface area contributed by atoms with Crippen LogP contribution >= 0.6 is 0 Å². The van der Waals surface area contributed by atoms with Gasteiger partial charge in [0.15, 0.2) is 5.90 Å². The molecule has 2 heteroatoms. The Kier molecular flexibility index (Phi) is 3.02. The topological polar surface area (TPSA) is 21.6 Å². The summed E-state index contributed by atoms with van der Waals surface area (Å²) in [5.41, 5.74) is 0. The van der Waals surface area contributed by atoms with Crippen molar-refractivity contribution in [3.63, 3.8) is 0 Å². The summed E-state index contributed by atoms with van der Waals surface area (Å²) < 4.78 is 4.70. The van der Waals surface area contributed by atoms with Crippen LogP contribution in [0.15, 0.2) is 17.8 Å². The predicted molar refractivity (Wildman–Crippen MR) is 30.3 cm³/mol. The number of rotatable bonds is 1. The molecule has 0 N–H and O–H groups in total. The summed E-state index contributed by atoms with van der Waals surface area (Å²) in [6.45, 7) is 5.11. The smallest absolute Gasteiger partial charge is 0.185 e. The molecular weight excluding hydrogens is 90.1 g/mol. The molecular formula is C5H9NO. The lowest BCUT2D eigenvalue weighted by molar-refractivity contribution is 0.469. The average Bonchev–Trinajstić information content (AvgIpc) is 1.68. The first kappa shape index (κ1) is 6.21. The third-order valence-corrected chi connectivity index (χ3v) is 0.569. The second-order valence-electron chi connectivity index (χ2n) is 1.03. The second-order valence-corrected chi connectivity index (χ2v) is 1.03. The molecule has 0 aromatic carbocycles. The van der Waals surface area contributed by atoms with Crippen LogP contribution in [0.3, 0.4) is 0 Å². The van der Waals surface area contributed by atoms with Gasteiger partial charge < -0.3 is 4.74 Å². The molecule has 0 amide bonds. The maximum absolute atomic E-state index is 4.70. The van der Waals surface area contributed by atoms with Gasteiger partial charge in [-0.3, -0.25) is 4.99 Å². The van der Waals surface area contributed by atoms with Crippen molar-refractivity contribution < 1.29 is 4.74 Å². The van der Waals surface area contributed by atoms with E-state index in [-0.39, 0.29) is 0 Å². The first-order valence-electron chi connectivity index (χ1n) is 2.02. The SMILES string of the molecule is C=COC(C)=NC. The Labute approximate surface area is 43.5 Å². The summed E-state index contributed by atoms with van der Waals surface area (Å²) >= 11 is 0. The van der Waals surface area contributed by atoms with Crippen LogP contribution in [-0.4, -0.2) is 12.9 Å². The predicted octanol–water partition coefficient (Wildman–Crippen LogP) is 1.19. The summed E-state index contributed by atoms with van der Waals surface area (Å²) in [5, 5.41) is 0. The molecule has 0 atom stereocenters. The highest BCUT2D eigenvalue weighted by atomic mass is 16.5. The zero-order valence-corrected chi connectivity index (χ0v) is 4.64. The first-order valence-corrected chi connectivity index (χ1v) is 2.02. The van der Waals surface area contributed by atoms with Gasteiger partial charge in [0.25, 0.3) is 0 Å². The Bertz CT molecular complexity index is 86.1. The Morgan fingerprint density at radius 1 is 1.86 bits per heavy atom. The van der Waals surface area contributed by atoms with Gasteiger partial charge in [-0.05, 0) is 0 Å². The van der Waals surface area contributed by atoms with Crippen molar-refractivity contribution in [2.45, 2.75) is 6.92 Å². The second kappa shape index (κ2) is 3.40. The van der Waals surface area contributed by atoms with Crippen molar-refractivity contribution in [2.75, 3.05) is 7.05 Å². The highest BCUT2D eigenvalue weighted by Crippen LogP contribution is 1.76. The average molecular weight is 99.1 g/mol. The van der Waals surface area contributed by atoms with Crippen LogP contribution in [0.4, 0.5) is 0 Å². The lowest BCUT2D eigenvalue weighted by atomic mass is 10.8. The summed E-state index contributed by atoms with van der Waals surface area (Å²) in [7, 11) is 1.67. The zero-order chi connectivity index (χ0) is 5.70. The summed E-state index contributed by atoms with van der Waals surface area (Å²) in [5.74, 6) is 0.634. The number of nitrogens with zero attached hydrogens (tertiary/aromatic N) is 1. The van der Waals surface area contributed by atoms with Gasteiger partial charge in [0, 0.05) is 14.0 Å². The lowest BCUT2D eigenvalue weighted by Gasteiger charge is -1.91. The van der Waals surface area contributed by atoms with E-state index in [1.807, 2.05) is 0 Å². The van der Waals surface area contributed by atoms with Gasteiger partial charge in [-0.1, -0.05) is 6.58 Å². The summed E-state index contributed by atoms with van der Waals surface area (Å²) in [4.78, 5) is 3.70. The quantitative estimate of drug-likeness (QED) is 0.275. The molecule has 0 aromatic heterocycles.